The topological polar surface area (TPSA) is 79.9 Å². The van der Waals surface area contributed by atoms with Crippen molar-refractivity contribution in [2.24, 2.45) is 5.92 Å². The number of nitrogens with zero attached hydrogens (tertiary/aromatic N) is 1. The van der Waals surface area contributed by atoms with Gasteiger partial charge in [0.2, 0.25) is 5.91 Å². The molecule has 28 heavy (non-hydrogen) atoms. The Hall–Kier alpha value is -2.28. The summed E-state index contributed by atoms with van der Waals surface area (Å²) in [5.74, 6) is -0.283. The number of carbonyl (C=O) groups excluding carboxylic acids is 2. The third-order valence-electron chi connectivity index (χ3n) is 4.66. The van der Waals surface area contributed by atoms with Crippen molar-refractivity contribution < 1.29 is 19.1 Å². The van der Waals surface area contributed by atoms with E-state index in [1.165, 1.54) is 0 Å². The fourth-order valence-corrected chi connectivity index (χ4v) is 2.96. The van der Waals surface area contributed by atoms with E-state index in [-0.39, 0.29) is 11.8 Å². The highest BCUT2D eigenvalue weighted by Crippen LogP contribution is 2.21. The monoisotopic (exact) mass is 391 g/mol. The highest BCUT2D eigenvalue weighted by molar-refractivity contribution is 5.97. The van der Waals surface area contributed by atoms with E-state index in [0.717, 1.165) is 25.2 Å². The molecule has 156 valence electrons. The molecule has 2 atom stereocenters. The number of morpholine rings is 1. The third-order valence-corrected chi connectivity index (χ3v) is 4.66. The molecule has 1 aromatic carbocycles. The second-order valence-electron chi connectivity index (χ2n) is 8.15. The number of rotatable bonds is 6. The Morgan fingerprint density at radius 3 is 2.54 bits per heavy atom. The fraction of sp³-hybridized carbons (Fsp3) is 0.619. The molecular formula is C21H33N3O4. The molecule has 1 aliphatic heterocycles. The molecule has 0 radical (unpaired) electrons. The Balaban J connectivity index is 2.07. The zero-order valence-corrected chi connectivity index (χ0v) is 17.6. The van der Waals surface area contributed by atoms with Gasteiger partial charge in [-0.15, -0.1) is 0 Å². The summed E-state index contributed by atoms with van der Waals surface area (Å²) >= 11 is 0. The predicted molar refractivity (Wildman–Crippen MR) is 111 cm³/mol. The molecule has 7 heteroatoms. The molecule has 0 aromatic heterocycles. The predicted octanol–water partition coefficient (Wildman–Crippen LogP) is 3.40. The first-order valence-electron chi connectivity index (χ1n) is 9.92. The van der Waals surface area contributed by atoms with Crippen LogP contribution >= 0.6 is 0 Å². The Kier molecular flexibility index (Phi) is 7.69. The van der Waals surface area contributed by atoms with Crippen molar-refractivity contribution in [1.82, 2.24) is 5.32 Å². The Bertz CT molecular complexity index is 666. The van der Waals surface area contributed by atoms with E-state index >= 15 is 0 Å². The first kappa shape index (κ1) is 22.0. The van der Waals surface area contributed by atoms with Crippen LogP contribution in [0.2, 0.25) is 0 Å². The summed E-state index contributed by atoms with van der Waals surface area (Å²) in [4.78, 5) is 27.3. The number of anilines is 2. The van der Waals surface area contributed by atoms with Crippen molar-refractivity contribution in [3.63, 3.8) is 0 Å². The van der Waals surface area contributed by atoms with Crippen LogP contribution in [0.25, 0.3) is 0 Å². The maximum absolute atomic E-state index is 12.9. The molecule has 2 amide bonds. The lowest BCUT2D eigenvalue weighted by Gasteiger charge is -2.29. The van der Waals surface area contributed by atoms with E-state index in [9.17, 15) is 9.59 Å². The maximum Gasteiger partial charge on any atom is 0.408 e. The lowest BCUT2D eigenvalue weighted by molar-refractivity contribution is -0.119. The molecule has 1 saturated heterocycles. The molecular weight excluding hydrogens is 358 g/mol. The number of ether oxygens (including phenoxy) is 2. The van der Waals surface area contributed by atoms with Crippen LogP contribution < -0.4 is 15.5 Å². The molecule has 1 aliphatic rings. The van der Waals surface area contributed by atoms with E-state index in [1.807, 2.05) is 38.1 Å². The van der Waals surface area contributed by atoms with Gasteiger partial charge in [0.25, 0.3) is 0 Å². The van der Waals surface area contributed by atoms with Gasteiger partial charge in [0.15, 0.2) is 0 Å². The van der Waals surface area contributed by atoms with E-state index in [1.54, 1.807) is 20.8 Å². The summed E-state index contributed by atoms with van der Waals surface area (Å²) in [5.41, 5.74) is 1.13. The van der Waals surface area contributed by atoms with E-state index < -0.39 is 17.7 Å². The van der Waals surface area contributed by atoms with E-state index in [0.29, 0.717) is 18.9 Å². The van der Waals surface area contributed by atoms with Gasteiger partial charge in [-0.05, 0) is 44.9 Å². The van der Waals surface area contributed by atoms with Gasteiger partial charge in [0.1, 0.15) is 11.6 Å². The van der Waals surface area contributed by atoms with Crippen LogP contribution in [0.5, 0.6) is 0 Å². The molecule has 2 N–H and O–H groups in total. The molecule has 1 heterocycles. The van der Waals surface area contributed by atoms with Crippen LogP contribution in [0.4, 0.5) is 16.2 Å². The quantitative estimate of drug-likeness (QED) is 0.777. The average molecular weight is 392 g/mol. The summed E-state index contributed by atoms with van der Waals surface area (Å²) in [6.07, 6.45) is 0.164. The van der Waals surface area contributed by atoms with Crippen molar-refractivity contribution in [3.05, 3.63) is 24.3 Å². The number of alkyl carbamates (subject to hydrolysis) is 1. The maximum atomic E-state index is 12.9. The summed E-state index contributed by atoms with van der Waals surface area (Å²) in [5, 5.41) is 5.66. The van der Waals surface area contributed by atoms with E-state index in [4.69, 9.17) is 9.47 Å². The highest BCUT2D eigenvalue weighted by Gasteiger charge is 2.28. The van der Waals surface area contributed by atoms with Gasteiger partial charge in [-0.3, -0.25) is 4.79 Å². The molecule has 2 rings (SSSR count). The van der Waals surface area contributed by atoms with Gasteiger partial charge < -0.3 is 25.0 Å². The van der Waals surface area contributed by atoms with Crippen LogP contribution in [-0.4, -0.2) is 49.9 Å². The minimum Gasteiger partial charge on any atom is -0.444 e. The van der Waals surface area contributed by atoms with Gasteiger partial charge >= 0.3 is 6.09 Å². The molecule has 2 unspecified atom stereocenters. The Morgan fingerprint density at radius 2 is 1.93 bits per heavy atom. The van der Waals surface area contributed by atoms with Gasteiger partial charge in [0.05, 0.1) is 13.2 Å². The molecule has 0 saturated carbocycles. The molecule has 0 aliphatic carbocycles. The first-order chi connectivity index (χ1) is 13.2. The van der Waals surface area contributed by atoms with Crippen LogP contribution in [0.1, 0.15) is 41.0 Å². The fourth-order valence-electron chi connectivity index (χ4n) is 2.96. The van der Waals surface area contributed by atoms with Crippen LogP contribution in [0, 0.1) is 5.92 Å². The third kappa shape index (κ3) is 6.71. The zero-order valence-electron chi connectivity index (χ0n) is 17.6. The van der Waals surface area contributed by atoms with Gasteiger partial charge in [-0.1, -0.05) is 26.3 Å². The van der Waals surface area contributed by atoms with Crippen molar-refractivity contribution in [2.45, 2.75) is 52.7 Å². The van der Waals surface area contributed by atoms with Crippen molar-refractivity contribution in [3.8, 4) is 0 Å². The highest BCUT2D eigenvalue weighted by atomic mass is 16.6. The molecule has 1 aromatic rings. The number of carbonyl (C=O) groups is 2. The van der Waals surface area contributed by atoms with Crippen LogP contribution in [-0.2, 0) is 14.3 Å². The van der Waals surface area contributed by atoms with Crippen molar-refractivity contribution in [1.29, 1.82) is 0 Å². The number of hydrogen-bond acceptors (Lipinski definition) is 5. The number of amides is 2. The second kappa shape index (κ2) is 9.78. The zero-order chi connectivity index (χ0) is 20.7. The largest absolute Gasteiger partial charge is 0.444 e. The standard InChI is InChI=1S/C21H33N3O4/c1-6-15(2)18(23-20(26)28-21(3,4)5)19(25)22-16-8-7-9-17(14-16)24-10-12-27-13-11-24/h7-9,14-15,18H,6,10-13H2,1-5H3,(H,22,25)(H,23,26). The number of hydrogen-bond donors (Lipinski definition) is 2. The lowest BCUT2D eigenvalue weighted by Crippen LogP contribution is -2.49. The molecule has 1 fully saturated rings. The smallest absolute Gasteiger partial charge is 0.408 e. The van der Waals surface area contributed by atoms with Gasteiger partial charge in [-0.25, -0.2) is 4.79 Å². The number of nitrogens with one attached hydrogen (secondary N) is 2. The lowest BCUT2D eigenvalue weighted by atomic mass is 9.98. The van der Waals surface area contributed by atoms with Crippen molar-refractivity contribution in [2.75, 3.05) is 36.5 Å². The second-order valence-corrected chi connectivity index (χ2v) is 8.15. The minimum absolute atomic E-state index is 0.0325. The SMILES string of the molecule is CCC(C)C(NC(=O)OC(C)(C)C)C(=O)Nc1cccc(N2CCOCC2)c1. The first-order valence-corrected chi connectivity index (χ1v) is 9.92. The summed E-state index contributed by atoms with van der Waals surface area (Å²) in [6.45, 7) is 12.4. The Labute approximate surface area is 167 Å². The van der Waals surface area contributed by atoms with E-state index in [2.05, 4.69) is 15.5 Å². The Morgan fingerprint density at radius 1 is 1.25 bits per heavy atom. The average Bonchev–Trinajstić information content (AvgIpc) is 2.65. The normalized spacial score (nSPS) is 16.8. The number of benzene rings is 1. The van der Waals surface area contributed by atoms with Gasteiger partial charge in [-0.2, -0.15) is 0 Å². The van der Waals surface area contributed by atoms with Crippen molar-refractivity contribution >= 4 is 23.4 Å². The summed E-state index contributed by atoms with van der Waals surface area (Å²) < 4.78 is 10.7. The van der Waals surface area contributed by atoms with Gasteiger partial charge in [0, 0.05) is 24.5 Å². The summed E-state index contributed by atoms with van der Waals surface area (Å²) in [6, 6.07) is 7.06. The minimum atomic E-state index is -0.674. The van der Waals surface area contributed by atoms with Crippen LogP contribution in [0.3, 0.4) is 0 Å². The molecule has 7 nitrogen and oxygen atoms in total. The molecule has 0 bridgehead atoms. The summed E-state index contributed by atoms with van der Waals surface area (Å²) in [7, 11) is 0. The molecule has 0 spiro atoms. The van der Waals surface area contributed by atoms with Crippen LogP contribution in [0.15, 0.2) is 24.3 Å².